The predicted molar refractivity (Wildman–Crippen MR) is 368 cm³/mol. The number of hydrogen-bond donors (Lipinski definition) is 11. The number of phosphoric acid groups is 2. The number of aliphatic hydroxyl groups excluding tert-OH is 5. The Bertz CT molecular complexity index is 2070. The molecule has 0 radical (unpaired) electrons. The predicted octanol–water partition coefficient (Wildman–Crippen LogP) is 12.7. The number of hydrogen-bond acceptors (Lipinski definition) is 18. The van der Waals surface area contributed by atoms with Gasteiger partial charge in [0.25, 0.3) is 0 Å². The van der Waals surface area contributed by atoms with Gasteiger partial charge in [-0.25, -0.2) is 9.13 Å². The summed E-state index contributed by atoms with van der Waals surface area (Å²) in [6, 6.07) is -3.66. The lowest BCUT2D eigenvalue weighted by atomic mass is 9.95. The Morgan fingerprint density at radius 2 is 0.802 bits per heavy atom. The number of aliphatic hydroxyl groups is 5. The smallest absolute Gasteiger partial charge is 0.462 e. The van der Waals surface area contributed by atoms with Crippen LogP contribution in [0.25, 0.3) is 0 Å². The standard InChI is InChI=1S/C70H134N2O22P2/c1-5-9-13-17-21-25-26-27-28-32-36-40-44-48-61(78)89-56(47-43-39-35-31-24-20-16-12-8-4)51-60(77)71-63-66(81)65(80)58(91-70(63)94-96(85,86)87)53-88-69-64(72-59(76)49-54(74)45-41-37-33-29-22-18-14-10-6-2)68(67(57(52-73)90-69)93-95(82,83)84)92-62(79)50-55(75)46-42-38-34-30-23-19-15-11-7-3/h54-58,63-70,73-75,80-81H,5-53H2,1-4H3,(H,71,77)(H,72,76)(H2,82,83,84)(H2,85,86,87)/t54-,55-,56-,57-,58-,63-,64-,65-,66-,67-,68-,69-,70-/m1/s1. The molecule has 2 amide bonds. The van der Waals surface area contributed by atoms with Gasteiger partial charge in [-0.15, -0.1) is 0 Å². The summed E-state index contributed by atoms with van der Waals surface area (Å²) in [6.45, 7) is 6.72. The second kappa shape index (κ2) is 55.4. The summed E-state index contributed by atoms with van der Waals surface area (Å²) in [4.78, 5) is 95.5. The maximum absolute atomic E-state index is 14.0. The summed E-state index contributed by atoms with van der Waals surface area (Å²) in [5, 5.41) is 61.1. The molecule has 2 rings (SSSR count). The SMILES string of the molecule is CCCCCCCCCCCCCCCC(=O)O[C@H](CCCCCCCCCCC)CC(=O)N[C@H]1[C@@H](OP(=O)(O)O)O[C@H](CO[C@@H]2O[C@H](CO)[C@@H](OP(=O)(O)O)[C@H](OC(=O)C[C@H](O)CCCCCCCCCCC)[C@H]2NC(=O)C[C@H](O)CCCCCCCCCCC)[C@@H](O)[C@@H]1O. The lowest BCUT2D eigenvalue weighted by Crippen LogP contribution is -2.67. The fourth-order valence-electron chi connectivity index (χ4n) is 12.7. The van der Waals surface area contributed by atoms with Crippen molar-refractivity contribution in [2.24, 2.45) is 0 Å². The number of unbranched alkanes of at least 4 members (excludes halogenated alkanes) is 36. The van der Waals surface area contributed by atoms with Gasteiger partial charge in [0.15, 0.2) is 18.7 Å². The van der Waals surface area contributed by atoms with Crippen molar-refractivity contribution >= 4 is 39.4 Å². The van der Waals surface area contributed by atoms with Gasteiger partial charge >= 0.3 is 27.6 Å². The van der Waals surface area contributed by atoms with E-state index in [0.717, 1.165) is 141 Å². The highest BCUT2D eigenvalue weighted by atomic mass is 31.2. The number of nitrogens with one attached hydrogen (secondary N) is 2. The van der Waals surface area contributed by atoms with Crippen LogP contribution in [0.2, 0.25) is 0 Å². The van der Waals surface area contributed by atoms with E-state index < -0.39 is 151 Å². The topological polar surface area (TPSA) is 373 Å². The van der Waals surface area contributed by atoms with Crippen molar-refractivity contribution in [1.29, 1.82) is 0 Å². The molecule has 2 heterocycles. The molecular weight excluding hydrogens is 1280 g/mol. The molecule has 2 aliphatic rings. The largest absolute Gasteiger partial charge is 0.472 e. The van der Waals surface area contributed by atoms with Crippen LogP contribution in [-0.4, -0.2) is 162 Å². The molecule has 96 heavy (non-hydrogen) atoms. The highest BCUT2D eigenvalue weighted by molar-refractivity contribution is 7.46. The Morgan fingerprint density at radius 3 is 1.23 bits per heavy atom. The van der Waals surface area contributed by atoms with E-state index in [1.165, 1.54) is 89.9 Å². The van der Waals surface area contributed by atoms with Gasteiger partial charge < -0.3 is 79.4 Å². The quantitative estimate of drug-likeness (QED) is 0.0153. The van der Waals surface area contributed by atoms with Gasteiger partial charge in [-0.05, 0) is 32.1 Å². The molecule has 0 aromatic rings. The minimum absolute atomic E-state index is 0.149. The van der Waals surface area contributed by atoms with Crippen molar-refractivity contribution in [3.8, 4) is 0 Å². The number of rotatable bonds is 62. The van der Waals surface area contributed by atoms with Crippen molar-refractivity contribution < 1.29 is 106 Å². The zero-order chi connectivity index (χ0) is 70.8. The van der Waals surface area contributed by atoms with E-state index in [9.17, 15) is 73.4 Å². The van der Waals surface area contributed by atoms with Gasteiger partial charge in [0.1, 0.15) is 48.7 Å². The average molecular weight is 1420 g/mol. The number of carbonyl (C=O) groups excluding carboxylic acids is 4. The van der Waals surface area contributed by atoms with Gasteiger partial charge in [-0.3, -0.25) is 28.2 Å². The summed E-state index contributed by atoms with van der Waals surface area (Å²) in [7, 11) is -11.1. The van der Waals surface area contributed by atoms with Crippen LogP contribution in [0, 0.1) is 0 Å². The van der Waals surface area contributed by atoms with Gasteiger partial charge in [0.2, 0.25) is 11.8 Å². The van der Waals surface area contributed by atoms with E-state index in [4.69, 9.17) is 32.7 Å². The van der Waals surface area contributed by atoms with Gasteiger partial charge in [0, 0.05) is 6.42 Å². The molecule has 0 spiro atoms. The van der Waals surface area contributed by atoms with Gasteiger partial charge in [0.05, 0.1) is 44.7 Å². The van der Waals surface area contributed by atoms with Crippen LogP contribution in [0.3, 0.4) is 0 Å². The molecule has 13 atom stereocenters. The summed E-state index contributed by atoms with van der Waals surface area (Å²) in [5.41, 5.74) is 0. The van der Waals surface area contributed by atoms with Crippen molar-refractivity contribution in [1.82, 2.24) is 10.6 Å². The highest BCUT2D eigenvalue weighted by Crippen LogP contribution is 2.44. The Balaban J connectivity index is 2.35. The minimum atomic E-state index is -5.53. The fourth-order valence-corrected chi connectivity index (χ4v) is 13.7. The van der Waals surface area contributed by atoms with Crippen LogP contribution in [0.15, 0.2) is 0 Å². The van der Waals surface area contributed by atoms with Crippen LogP contribution in [-0.2, 0) is 61.0 Å². The Labute approximate surface area is 576 Å². The van der Waals surface area contributed by atoms with E-state index >= 15 is 0 Å². The Kier molecular flexibility index (Phi) is 51.9. The average Bonchev–Trinajstić information content (AvgIpc) is 0.788. The molecule has 0 bridgehead atoms. The Morgan fingerprint density at radius 1 is 0.427 bits per heavy atom. The first-order chi connectivity index (χ1) is 46.1. The van der Waals surface area contributed by atoms with Gasteiger partial charge in [-0.1, -0.05) is 272 Å². The van der Waals surface area contributed by atoms with Crippen LogP contribution in [0.1, 0.15) is 329 Å². The van der Waals surface area contributed by atoms with E-state index in [-0.39, 0.29) is 19.3 Å². The first-order valence-corrected chi connectivity index (χ1v) is 40.8. The molecule has 566 valence electrons. The number of carbonyl (C=O) groups is 4. The third kappa shape index (κ3) is 44.2. The van der Waals surface area contributed by atoms with Crippen LogP contribution < -0.4 is 10.6 Å². The lowest BCUT2D eigenvalue weighted by molar-refractivity contribution is -0.296. The van der Waals surface area contributed by atoms with Crippen LogP contribution in [0.4, 0.5) is 0 Å². The number of phosphoric ester groups is 2. The molecule has 11 N–H and O–H groups in total. The highest BCUT2D eigenvalue weighted by Gasteiger charge is 2.54. The second-order valence-corrected chi connectivity index (χ2v) is 29.6. The third-order valence-corrected chi connectivity index (χ3v) is 19.3. The number of amides is 2. The first kappa shape index (κ1) is 89.9. The molecule has 26 heteroatoms. The third-order valence-electron chi connectivity index (χ3n) is 18.3. The van der Waals surface area contributed by atoms with E-state index in [1.807, 2.05) is 0 Å². The molecule has 2 fully saturated rings. The molecule has 0 saturated carbocycles. The second-order valence-electron chi connectivity index (χ2n) is 27.3. The minimum Gasteiger partial charge on any atom is -0.462 e. The Hall–Kier alpha value is -2.22. The molecule has 2 aliphatic heterocycles. The molecule has 0 unspecified atom stereocenters. The van der Waals surface area contributed by atoms with E-state index in [0.29, 0.717) is 32.1 Å². The molecule has 0 aromatic heterocycles. The van der Waals surface area contributed by atoms with Crippen molar-refractivity contribution in [3.63, 3.8) is 0 Å². The summed E-state index contributed by atoms with van der Waals surface area (Å²) in [6.07, 6.45) is 22.5. The van der Waals surface area contributed by atoms with Crippen molar-refractivity contribution in [2.45, 2.75) is 409 Å². The first-order valence-electron chi connectivity index (χ1n) is 37.8. The molecule has 24 nitrogen and oxygen atoms in total. The number of ether oxygens (including phenoxy) is 5. The lowest BCUT2D eigenvalue weighted by Gasteiger charge is -2.46. The van der Waals surface area contributed by atoms with Crippen LogP contribution in [0.5, 0.6) is 0 Å². The zero-order valence-corrected chi connectivity index (χ0v) is 61.2. The monoisotopic (exact) mass is 1420 g/mol. The van der Waals surface area contributed by atoms with Crippen molar-refractivity contribution in [3.05, 3.63) is 0 Å². The molecular formula is C70H134N2O22P2. The maximum atomic E-state index is 14.0. The normalized spacial score (nSPS) is 22.6. The molecule has 0 aromatic carbocycles. The summed E-state index contributed by atoms with van der Waals surface area (Å²) in [5.74, 6) is -3.27. The molecule has 0 aliphatic carbocycles. The van der Waals surface area contributed by atoms with E-state index in [1.54, 1.807) is 0 Å². The van der Waals surface area contributed by atoms with E-state index in [2.05, 4.69) is 38.3 Å². The fraction of sp³-hybridized carbons (Fsp3) is 0.943. The molecule has 2 saturated heterocycles. The van der Waals surface area contributed by atoms with Gasteiger partial charge in [-0.2, -0.15) is 0 Å². The summed E-state index contributed by atoms with van der Waals surface area (Å²) < 4.78 is 64.8. The number of esters is 2. The maximum Gasteiger partial charge on any atom is 0.472 e. The zero-order valence-electron chi connectivity index (χ0n) is 59.4. The van der Waals surface area contributed by atoms with Crippen LogP contribution >= 0.6 is 15.6 Å². The summed E-state index contributed by atoms with van der Waals surface area (Å²) >= 11 is 0. The van der Waals surface area contributed by atoms with Crippen molar-refractivity contribution in [2.75, 3.05) is 13.2 Å².